The molecule has 0 bridgehead atoms. The maximum absolute atomic E-state index is 6.16. The van der Waals surface area contributed by atoms with Crippen LogP contribution < -0.4 is 0 Å². The van der Waals surface area contributed by atoms with E-state index in [9.17, 15) is 0 Å². The molecule has 3 heteroatoms. The number of unbranched alkanes of at least 4 members (excludes halogenated alkanes) is 24. The Morgan fingerprint density at radius 1 is 0.413 bits per heavy atom. The predicted octanol–water partition coefficient (Wildman–Crippen LogP) is 13.3. The zero-order valence-electron chi connectivity index (χ0n) is 31.8. The van der Waals surface area contributed by atoms with Gasteiger partial charge in [-0.2, -0.15) is 0 Å². The summed E-state index contributed by atoms with van der Waals surface area (Å²) in [6.07, 6.45) is 47.7. The van der Waals surface area contributed by atoms with E-state index in [4.69, 9.17) is 9.47 Å². The second kappa shape index (κ2) is 35.7. The van der Waals surface area contributed by atoms with E-state index in [-0.39, 0.29) is 0 Å². The van der Waals surface area contributed by atoms with Gasteiger partial charge in [0.25, 0.3) is 0 Å². The van der Waals surface area contributed by atoms with Gasteiger partial charge in [0.15, 0.2) is 0 Å². The van der Waals surface area contributed by atoms with Crippen molar-refractivity contribution in [1.29, 1.82) is 0 Å². The summed E-state index contributed by atoms with van der Waals surface area (Å²) in [4.78, 5) is 2.47. The smallest absolute Gasteiger partial charge is 0.0510 e. The van der Waals surface area contributed by atoms with Crippen molar-refractivity contribution in [2.24, 2.45) is 11.8 Å². The van der Waals surface area contributed by atoms with Gasteiger partial charge in [0.1, 0.15) is 0 Å². The number of rotatable bonds is 36. The van der Waals surface area contributed by atoms with Crippen LogP contribution in [0.1, 0.15) is 194 Å². The average molecular weight is 646 g/mol. The lowest BCUT2D eigenvalue weighted by atomic mass is 9.98. The number of nitrogens with zero attached hydrogens (tertiary/aromatic N) is 1. The molecule has 2 unspecified atom stereocenters. The Morgan fingerprint density at radius 3 is 1.02 bits per heavy atom. The summed E-state index contributed by atoms with van der Waals surface area (Å²) in [6.45, 7) is 10.6. The molecule has 0 aromatic carbocycles. The van der Waals surface area contributed by atoms with Gasteiger partial charge in [0, 0.05) is 38.1 Å². The van der Waals surface area contributed by atoms with Crippen LogP contribution in [0.15, 0.2) is 24.3 Å². The molecule has 1 rings (SSSR count). The van der Waals surface area contributed by atoms with E-state index in [1.54, 1.807) is 0 Å². The second-order valence-electron chi connectivity index (χ2n) is 14.8. The quantitative estimate of drug-likeness (QED) is 0.0500. The Hall–Kier alpha value is -0.640. The van der Waals surface area contributed by atoms with Gasteiger partial charge in [0.05, 0.1) is 13.2 Å². The summed E-state index contributed by atoms with van der Waals surface area (Å²) in [5.74, 6) is 1.28. The molecule has 1 heterocycles. The van der Waals surface area contributed by atoms with Gasteiger partial charge in [-0.25, -0.2) is 0 Å². The lowest BCUT2D eigenvalue weighted by Gasteiger charge is -2.18. The molecule has 2 atom stereocenters. The minimum absolute atomic E-state index is 0.638. The standard InChI is InChI=1S/C43H83NO2/c1-4-6-8-10-12-14-16-18-20-22-24-26-28-30-32-34-36-45-40-42-38-44(3)39-43(42)41-46-37-35-33-31-29-27-25-23-21-19-17-15-13-11-9-7-5-2/h18-21,42-43H,4-17,22-41H2,1-3H3/b20-18-,21-19-. The van der Waals surface area contributed by atoms with Crippen molar-refractivity contribution in [2.75, 3.05) is 46.6 Å². The average Bonchev–Trinajstić information content (AvgIpc) is 3.42. The highest BCUT2D eigenvalue weighted by Gasteiger charge is 2.30. The highest BCUT2D eigenvalue weighted by molar-refractivity contribution is 4.83. The van der Waals surface area contributed by atoms with Crippen LogP contribution in [0.3, 0.4) is 0 Å². The van der Waals surface area contributed by atoms with E-state index < -0.39 is 0 Å². The molecule has 46 heavy (non-hydrogen) atoms. The Kier molecular flexibility index (Phi) is 33.6. The molecule has 0 N–H and O–H groups in total. The third-order valence-electron chi connectivity index (χ3n) is 10.0. The van der Waals surface area contributed by atoms with Gasteiger partial charge >= 0.3 is 0 Å². The lowest BCUT2D eigenvalue weighted by Crippen LogP contribution is -2.23. The molecule has 3 nitrogen and oxygen atoms in total. The second-order valence-corrected chi connectivity index (χ2v) is 14.8. The fraction of sp³-hybridized carbons (Fsp3) is 0.907. The minimum Gasteiger partial charge on any atom is -0.381 e. The van der Waals surface area contributed by atoms with Gasteiger partial charge in [-0.15, -0.1) is 0 Å². The van der Waals surface area contributed by atoms with Crippen LogP contribution in [-0.4, -0.2) is 51.5 Å². The maximum atomic E-state index is 6.16. The summed E-state index contributed by atoms with van der Waals surface area (Å²) < 4.78 is 12.3. The van der Waals surface area contributed by atoms with Crippen molar-refractivity contribution >= 4 is 0 Å². The number of ether oxygens (including phenoxy) is 2. The van der Waals surface area contributed by atoms with Gasteiger partial charge < -0.3 is 14.4 Å². The first kappa shape index (κ1) is 43.4. The Balaban J connectivity index is 1.86. The van der Waals surface area contributed by atoms with Gasteiger partial charge in [-0.05, 0) is 71.3 Å². The lowest BCUT2D eigenvalue weighted by molar-refractivity contribution is 0.0482. The van der Waals surface area contributed by atoms with E-state index in [0.29, 0.717) is 11.8 Å². The van der Waals surface area contributed by atoms with Gasteiger partial charge in [0.2, 0.25) is 0 Å². The Morgan fingerprint density at radius 2 is 0.696 bits per heavy atom. The van der Waals surface area contributed by atoms with Crippen LogP contribution >= 0.6 is 0 Å². The van der Waals surface area contributed by atoms with E-state index in [2.05, 4.69) is 50.1 Å². The normalized spacial score (nSPS) is 17.4. The van der Waals surface area contributed by atoms with Crippen LogP contribution in [0.4, 0.5) is 0 Å². The van der Waals surface area contributed by atoms with Crippen molar-refractivity contribution in [1.82, 2.24) is 4.90 Å². The summed E-state index contributed by atoms with van der Waals surface area (Å²) in [6, 6.07) is 0. The third kappa shape index (κ3) is 29.5. The van der Waals surface area contributed by atoms with Crippen LogP contribution in [-0.2, 0) is 9.47 Å². The molecule has 0 spiro atoms. The van der Waals surface area contributed by atoms with Crippen LogP contribution in [0.25, 0.3) is 0 Å². The summed E-state index contributed by atoms with van der Waals surface area (Å²) in [5.41, 5.74) is 0. The molecule has 0 saturated carbocycles. The molecule has 0 aromatic rings. The zero-order chi connectivity index (χ0) is 33.0. The number of likely N-dealkylation sites (tertiary alicyclic amines) is 1. The molecule has 0 amide bonds. The molecule has 0 aromatic heterocycles. The molecule has 272 valence electrons. The highest BCUT2D eigenvalue weighted by Crippen LogP contribution is 2.23. The fourth-order valence-corrected chi connectivity index (χ4v) is 6.92. The molecule has 1 aliphatic heterocycles. The monoisotopic (exact) mass is 646 g/mol. The summed E-state index contributed by atoms with van der Waals surface area (Å²) in [7, 11) is 2.25. The first-order valence-corrected chi connectivity index (χ1v) is 20.9. The van der Waals surface area contributed by atoms with E-state index in [0.717, 1.165) is 39.5 Å². The highest BCUT2D eigenvalue weighted by atomic mass is 16.5. The molecular formula is C43H83NO2. The van der Waals surface area contributed by atoms with E-state index in [1.807, 2.05) is 0 Å². The molecule has 1 fully saturated rings. The number of hydrogen-bond acceptors (Lipinski definition) is 3. The molecule has 1 saturated heterocycles. The first-order valence-electron chi connectivity index (χ1n) is 20.9. The van der Waals surface area contributed by atoms with Crippen LogP contribution in [0, 0.1) is 11.8 Å². The predicted molar refractivity (Wildman–Crippen MR) is 205 cm³/mol. The van der Waals surface area contributed by atoms with Crippen LogP contribution in [0.2, 0.25) is 0 Å². The molecule has 1 aliphatic rings. The fourth-order valence-electron chi connectivity index (χ4n) is 6.92. The van der Waals surface area contributed by atoms with Crippen molar-refractivity contribution in [3.05, 3.63) is 24.3 Å². The van der Waals surface area contributed by atoms with Gasteiger partial charge in [-0.1, -0.05) is 154 Å². The summed E-state index contributed by atoms with van der Waals surface area (Å²) in [5, 5.41) is 0. The van der Waals surface area contributed by atoms with E-state index in [1.165, 1.54) is 180 Å². The van der Waals surface area contributed by atoms with E-state index >= 15 is 0 Å². The molecule has 0 aliphatic carbocycles. The van der Waals surface area contributed by atoms with Crippen LogP contribution in [0.5, 0.6) is 0 Å². The zero-order valence-corrected chi connectivity index (χ0v) is 31.8. The number of hydrogen-bond donors (Lipinski definition) is 0. The Bertz CT molecular complexity index is 593. The topological polar surface area (TPSA) is 21.7 Å². The SMILES string of the molecule is CCCCCCCC/C=C\CCCCCCCCOCC1CN(C)CC1COCCCCCCCC/C=C\CCCCCCCC. The Labute approximate surface area is 290 Å². The molecule has 0 radical (unpaired) electrons. The number of allylic oxidation sites excluding steroid dienone is 4. The van der Waals surface area contributed by atoms with Crippen molar-refractivity contribution < 1.29 is 9.47 Å². The van der Waals surface area contributed by atoms with Crippen molar-refractivity contribution in [3.8, 4) is 0 Å². The maximum Gasteiger partial charge on any atom is 0.0510 e. The largest absolute Gasteiger partial charge is 0.381 e. The van der Waals surface area contributed by atoms with Crippen molar-refractivity contribution in [2.45, 2.75) is 194 Å². The van der Waals surface area contributed by atoms with Gasteiger partial charge in [-0.3, -0.25) is 0 Å². The first-order chi connectivity index (χ1) is 22.8. The third-order valence-corrected chi connectivity index (χ3v) is 10.0. The minimum atomic E-state index is 0.638. The summed E-state index contributed by atoms with van der Waals surface area (Å²) >= 11 is 0. The van der Waals surface area contributed by atoms with Crippen molar-refractivity contribution in [3.63, 3.8) is 0 Å². The molecular weight excluding hydrogens is 562 g/mol.